The zero-order valence-corrected chi connectivity index (χ0v) is 27.2. The number of hydrogen-bond donors (Lipinski definition) is 1. The molecule has 0 aliphatic carbocycles. The van der Waals surface area contributed by atoms with Gasteiger partial charge in [0.05, 0.1) is 37.2 Å². The summed E-state index contributed by atoms with van der Waals surface area (Å²) in [5, 5.41) is 10.7. The molecule has 2 amide bonds. The van der Waals surface area contributed by atoms with Crippen molar-refractivity contribution in [2.45, 2.75) is 116 Å². The van der Waals surface area contributed by atoms with E-state index >= 15 is 0 Å². The molecule has 5 atom stereocenters. The zero-order chi connectivity index (χ0) is 31.0. The molecular weight excluding hydrogens is 534 g/mol. The van der Waals surface area contributed by atoms with Crippen LogP contribution in [0.15, 0.2) is 12.3 Å². The van der Waals surface area contributed by atoms with Crippen LogP contribution >= 0.6 is 0 Å². The van der Waals surface area contributed by atoms with Crippen LogP contribution in [0.5, 0.6) is 0 Å². The van der Waals surface area contributed by atoms with Gasteiger partial charge in [-0.3, -0.25) is 19.6 Å². The lowest BCUT2D eigenvalue weighted by molar-refractivity contribution is -0.122. The molecule has 4 rings (SSSR count). The van der Waals surface area contributed by atoms with Gasteiger partial charge in [0.1, 0.15) is 5.60 Å². The highest BCUT2D eigenvalue weighted by Gasteiger charge is 2.43. The molecule has 2 saturated heterocycles. The van der Waals surface area contributed by atoms with Crippen LogP contribution in [0, 0.1) is 0 Å². The first-order valence-corrected chi connectivity index (χ1v) is 15.7. The number of pyridine rings is 1. The first-order chi connectivity index (χ1) is 19.6. The number of nitrogens with zero attached hydrogens (tertiary/aromatic N) is 5. The summed E-state index contributed by atoms with van der Waals surface area (Å²) in [5.41, 5.74) is 1.56. The lowest BCUT2D eigenvalue weighted by Gasteiger charge is -2.48. The van der Waals surface area contributed by atoms with Gasteiger partial charge in [0.25, 0.3) is 0 Å². The highest BCUT2D eigenvalue weighted by Crippen LogP contribution is 2.40. The molecule has 1 aromatic rings. The Bertz CT molecular complexity index is 1110. The van der Waals surface area contributed by atoms with Gasteiger partial charge in [0.15, 0.2) is 0 Å². The molecule has 4 heterocycles. The van der Waals surface area contributed by atoms with E-state index in [2.05, 4.69) is 37.5 Å². The summed E-state index contributed by atoms with van der Waals surface area (Å²) in [7, 11) is 0. The highest BCUT2D eigenvalue weighted by molar-refractivity contribution is 5.97. The average molecular weight is 588 g/mol. The molecule has 0 saturated carbocycles. The largest absolute Gasteiger partial charge is 0.444 e. The third-order valence-corrected chi connectivity index (χ3v) is 8.81. The van der Waals surface area contributed by atoms with Crippen LogP contribution in [0.4, 0.5) is 10.5 Å². The van der Waals surface area contributed by atoms with Gasteiger partial charge in [0, 0.05) is 67.5 Å². The Balaban J connectivity index is 1.58. The number of hydrogen-bond acceptors (Lipinski definition) is 8. The van der Waals surface area contributed by atoms with Crippen molar-refractivity contribution in [2.24, 2.45) is 0 Å². The minimum absolute atomic E-state index is 0.0109. The van der Waals surface area contributed by atoms with Gasteiger partial charge >= 0.3 is 6.09 Å². The molecule has 3 aliphatic heterocycles. The molecule has 0 bridgehead atoms. The average Bonchev–Trinajstić information content (AvgIpc) is 3.16. The number of piperazine rings is 1. The van der Waals surface area contributed by atoms with Crippen molar-refractivity contribution in [3.63, 3.8) is 0 Å². The van der Waals surface area contributed by atoms with Crippen molar-refractivity contribution in [3.8, 4) is 0 Å². The molecule has 3 unspecified atom stereocenters. The number of rotatable bonds is 7. The Hall–Kier alpha value is -2.27. The van der Waals surface area contributed by atoms with Gasteiger partial charge in [-0.25, -0.2) is 4.79 Å². The van der Waals surface area contributed by atoms with E-state index < -0.39 is 11.7 Å². The van der Waals surface area contributed by atoms with Gasteiger partial charge in [-0.1, -0.05) is 27.2 Å². The van der Waals surface area contributed by atoms with E-state index in [-0.39, 0.29) is 48.1 Å². The summed E-state index contributed by atoms with van der Waals surface area (Å²) in [6.45, 7) is 22.2. The Labute approximate surface area is 252 Å². The Morgan fingerprint density at radius 3 is 2.43 bits per heavy atom. The molecule has 3 aliphatic rings. The minimum Gasteiger partial charge on any atom is -0.444 e. The van der Waals surface area contributed by atoms with Crippen LogP contribution in [0.25, 0.3) is 0 Å². The van der Waals surface area contributed by atoms with Gasteiger partial charge in [0.2, 0.25) is 5.91 Å². The molecule has 0 aromatic carbocycles. The topological polar surface area (TPSA) is 98.7 Å². The normalized spacial score (nSPS) is 27.6. The number of ether oxygens (including phenoxy) is 2. The molecule has 10 nitrogen and oxygen atoms in total. The molecule has 1 N–H and O–H groups in total. The Morgan fingerprint density at radius 2 is 1.81 bits per heavy atom. The maximum absolute atomic E-state index is 14.1. The van der Waals surface area contributed by atoms with Gasteiger partial charge < -0.3 is 24.4 Å². The molecule has 2 fully saturated rings. The van der Waals surface area contributed by atoms with E-state index in [4.69, 9.17) is 14.5 Å². The van der Waals surface area contributed by atoms with Crippen LogP contribution in [0.1, 0.15) is 92.5 Å². The Kier molecular flexibility index (Phi) is 9.92. The molecule has 10 heteroatoms. The van der Waals surface area contributed by atoms with Gasteiger partial charge in [-0.15, -0.1) is 0 Å². The van der Waals surface area contributed by atoms with Gasteiger partial charge in [-0.2, -0.15) is 0 Å². The second-order valence-electron chi connectivity index (χ2n) is 14.3. The lowest BCUT2D eigenvalue weighted by Crippen LogP contribution is -2.65. The van der Waals surface area contributed by atoms with Crippen LogP contribution in [0.3, 0.4) is 0 Å². The van der Waals surface area contributed by atoms with Crippen molar-refractivity contribution < 1.29 is 24.2 Å². The standard InChI is InChI=1S/C32H53N5O5/c1-10-11-27(38)24-12-26-29(33-13-24)32(8,9)20-37(26)28(39)17-34-14-21(2)36(30(40)42-31(5,6)7)16-25(34)15-35-22(3)18-41-19-23(35)4/h12-13,21-23,25,27,38H,10-11,14-20H2,1-9H3/t21?,22-,23-,25?,27?/m1/s1. The van der Waals surface area contributed by atoms with Crippen molar-refractivity contribution in [3.05, 3.63) is 23.5 Å². The van der Waals surface area contributed by atoms with E-state index in [1.165, 1.54) is 0 Å². The quantitative estimate of drug-likeness (QED) is 0.512. The maximum atomic E-state index is 14.1. The summed E-state index contributed by atoms with van der Waals surface area (Å²) >= 11 is 0. The number of morpholine rings is 1. The number of fused-ring (bicyclic) bond motifs is 1. The molecule has 236 valence electrons. The highest BCUT2D eigenvalue weighted by atomic mass is 16.6. The molecule has 42 heavy (non-hydrogen) atoms. The summed E-state index contributed by atoms with van der Waals surface area (Å²) < 4.78 is 11.5. The fourth-order valence-electron chi connectivity index (χ4n) is 6.54. The van der Waals surface area contributed by atoms with Crippen molar-refractivity contribution >= 4 is 17.7 Å². The second-order valence-corrected chi connectivity index (χ2v) is 14.3. The smallest absolute Gasteiger partial charge is 0.410 e. The number of anilines is 1. The molecule has 0 radical (unpaired) electrons. The second kappa shape index (κ2) is 12.8. The van der Waals surface area contributed by atoms with E-state index in [1.54, 1.807) is 6.20 Å². The number of amides is 2. The first-order valence-electron chi connectivity index (χ1n) is 15.7. The van der Waals surface area contributed by atoms with E-state index in [0.29, 0.717) is 39.3 Å². The van der Waals surface area contributed by atoms with E-state index in [0.717, 1.165) is 29.9 Å². The number of carbonyl (C=O) groups is 2. The van der Waals surface area contributed by atoms with Crippen molar-refractivity contribution in [1.82, 2.24) is 19.7 Å². The number of carbonyl (C=O) groups excluding carboxylic acids is 2. The van der Waals surface area contributed by atoms with Crippen molar-refractivity contribution in [1.29, 1.82) is 0 Å². The molecular formula is C32H53N5O5. The fraction of sp³-hybridized carbons (Fsp3) is 0.781. The number of aromatic nitrogens is 1. The predicted molar refractivity (Wildman–Crippen MR) is 164 cm³/mol. The Morgan fingerprint density at radius 1 is 1.14 bits per heavy atom. The third kappa shape index (κ3) is 7.26. The maximum Gasteiger partial charge on any atom is 0.410 e. The summed E-state index contributed by atoms with van der Waals surface area (Å²) in [6.07, 6.45) is 2.36. The zero-order valence-electron chi connectivity index (χ0n) is 27.2. The summed E-state index contributed by atoms with van der Waals surface area (Å²) in [4.78, 5) is 40.4. The van der Waals surface area contributed by atoms with Gasteiger partial charge in [-0.05, 0) is 54.0 Å². The van der Waals surface area contributed by atoms with E-state index in [1.807, 2.05) is 50.5 Å². The van der Waals surface area contributed by atoms with Crippen LogP contribution in [-0.2, 0) is 19.7 Å². The number of aliphatic hydroxyl groups excluding tert-OH is 1. The third-order valence-electron chi connectivity index (χ3n) is 8.81. The molecule has 1 aromatic heterocycles. The summed E-state index contributed by atoms with van der Waals surface area (Å²) in [5.74, 6) is 0.0109. The van der Waals surface area contributed by atoms with E-state index in [9.17, 15) is 14.7 Å². The monoisotopic (exact) mass is 587 g/mol. The predicted octanol–water partition coefficient (Wildman–Crippen LogP) is 3.96. The van der Waals surface area contributed by atoms with Crippen molar-refractivity contribution in [2.75, 3.05) is 50.8 Å². The van der Waals surface area contributed by atoms with Crippen LogP contribution in [0.2, 0.25) is 0 Å². The fourth-order valence-corrected chi connectivity index (χ4v) is 6.54. The lowest BCUT2D eigenvalue weighted by atomic mass is 9.91. The van der Waals surface area contributed by atoms with Crippen LogP contribution in [-0.4, -0.2) is 112 Å². The minimum atomic E-state index is -0.600. The molecule has 0 spiro atoms. The first kappa shape index (κ1) is 32.6. The SMILES string of the molecule is CCCC(O)c1cnc2c(c1)N(C(=O)CN1CC(C)N(C(=O)OC(C)(C)C)CC1CN1[C@H](C)COC[C@H]1C)CC2(C)C. The van der Waals surface area contributed by atoms with Crippen LogP contribution < -0.4 is 4.90 Å². The number of aliphatic hydroxyl groups is 1. The summed E-state index contributed by atoms with van der Waals surface area (Å²) in [6, 6.07) is 2.28.